The minimum Gasteiger partial charge on any atom is -0.494 e. The van der Waals surface area contributed by atoms with Crippen molar-refractivity contribution in [3.63, 3.8) is 0 Å². The summed E-state index contributed by atoms with van der Waals surface area (Å²) in [6, 6.07) is 2.32. The van der Waals surface area contributed by atoms with Crippen LogP contribution >= 0.6 is 0 Å². The lowest BCUT2D eigenvalue weighted by atomic mass is 10.2. The van der Waals surface area contributed by atoms with Gasteiger partial charge in [-0.25, -0.2) is 9.18 Å². The number of carbonyl (C=O) groups excluding carboxylic acids is 1. The van der Waals surface area contributed by atoms with E-state index in [2.05, 4.69) is 10.1 Å². The quantitative estimate of drug-likeness (QED) is 0.794. The van der Waals surface area contributed by atoms with Gasteiger partial charge in [-0.1, -0.05) is 0 Å². The Labute approximate surface area is 109 Å². The Morgan fingerprint density at radius 1 is 1.42 bits per heavy atom. The van der Waals surface area contributed by atoms with E-state index in [4.69, 9.17) is 9.84 Å². The number of amides is 1. The largest absolute Gasteiger partial charge is 0.494 e. The number of carboxylic acids is 1. The number of hydrogen-bond donors (Lipinski definition) is 2. The van der Waals surface area contributed by atoms with E-state index in [1.807, 2.05) is 0 Å². The van der Waals surface area contributed by atoms with Gasteiger partial charge in [0.2, 0.25) is 0 Å². The molecule has 1 rings (SSSR count). The average Bonchev–Trinajstić information content (AvgIpc) is 2.38. The van der Waals surface area contributed by atoms with Crippen molar-refractivity contribution in [2.45, 2.75) is 6.04 Å². The second-order valence-corrected chi connectivity index (χ2v) is 3.67. The van der Waals surface area contributed by atoms with Gasteiger partial charge in [0, 0.05) is 12.7 Å². The molecule has 1 amide bonds. The number of aliphatic carboxylic acids is 1. The first-order valence-electron chi connectivity index (χ1n) is 5.35. The van der Waals surface area contributed by atoms with E-state index < -0.39 is 23.7 Å². The predicted molar refractivity (Wildman–Crippen MR) is 63.7 cm³/mol. The fourth-order valence-corrected chi connectivity index (χ4v) is 1.38. The molecule has 0 aliphatic rings. The Kier molecular flexibility index (Phi) is 5.25. The summed E-state index contributed by atoms with van der Waals surface area (Å²) in [5, 5.41) is 11.1. The molecule has 0 spiro atoms. The Hall–Kier alpha value is -2.15. The standard InChI is InChI=1S/C12H14FNO5/c1-18-6-9(12(16)17)14-11(15)7-3-4-8(13)10(5-7)19-2/h3-5,9H,6H2,1-2H3,(H,14,15)(H,16,17). The zero-order valence-electron chi connectivity index (χ0n) is 10.5. The first kappa shape index (κ1) is 14.9. The highest BCUT2D eigenvalue weighted by Gasteiger charge is 2.21. The van der Waals surface area contributed by atoms with E-state index >= 15 is 0 Å². The van der Waals surface area contributed by atoms with Crippen LogP contribution in [0.4, 0.5) is 4.39 Å². The maximum atomic E-state index is 13.2. The Morgan fingerprint density at radius 2 is 2.11 bits per heavy atom. The summed E-state index contributed by atoms with van der Waals surface area (Å²) in [6.45, 7) is -0.167. The summed E-state index contributed by atoms with van der Waals surface area (Å²) in [7, 11) is 2.59. The summed E-state index contributed by atoms with van der Waals surface area (Å²) >= 11 is 0. The molecule has 19 heavy (non-hydrogen) atoms. The maximum absolute atomic E-state index is 13.2. The van der Waals surface area contributed by atoms with Crippen molar-refractivity contribution in [3.05, 3.63) is 29.6 Å². The van der Waals surface area contributed by atoms with Crippen LogP contribution in [0.25, 0.3) is 0 Å². The van der Waals surface area contributed by atoms with Crippen LogP contribution in [0.5, 0.6) is 5.75 Å². The lowest BCUT2D eigenvalue weighted by Crippen LogP contribution is -2.43. The normalized spacial score (nSPS) is 11.7. The number of methoxy groups -OCH3 is 2. The van der Waals surface area contributed by atoms with Crippen LogP contribution in [0.15, 0.2) is 18.2 Å². The van der Waals surface area contributed by atoms with E-state index in [0.717, 1.165) is 6.07 Å². The van der Waals surface area contributed by atoms with Crippen LogP contribution in [0.2, 0.25) is 0 Å². The molecule has 2 N–H and O–H groups in total. The van der Waals surface area contributed by atoms with Crippen LogP contribution in [0.3, 0.4) is 0 Å². The van der Waals surface area contributed by atoms with Gasteiger partial charge < -0.3 is 19.9 Å². The number of halogens is 1. The van der Waals surface area contributed by atoms with Gasteiger partial charge in [0.15, 0.2) is 17.6 Å². The Bertz CT molecular complexity index is 477. The minimum absolute atomic E-state index is 0.0914. The summed E-state index contributed by atoms with van der Waals surface area (Å²) in [4.78, 5) is 22.7. The van der Waals surface area contributed by atoms with Crippen LogP contribution in [0.1, 0.15) is 10.4 Å². The molecule has 1 aromatic rings. The summed E-state index contributed by atoms with van der Waals surface area (Å²) in [5.41, 5.74) is 0.0978. The van der Waals surface area contributed by atoms with E-state index in [-0.39, 0.29) is 17.9 Å². The maximum Gasteiger partial charge on any atom is 0.328 e. The highest BCUT2D eigenvalue weighted by Crippen LogP contribution is 2.18. The fourth-order valence-electron chi connectivity index (χ4n) is 1.38. The molecule has 0 fully saturated rings. The van der Waals surface area contributed by atoms with Crippen molar-refractivity contribution in [1.29, 1.82) is 0 Å². The van der Waals surface area contributed by atoms with E-state index in [0.29, 0.717) is 0 Å². The molecular weight excluding hydrogens is 257 g/mol. The molecule has 0 aromatic heterocycles. The number of nitrogens with one attached hydrogen (secondary N) is 1. The number of ether oxygens (including phenoxy) is 2. The smallest absolute Gasteiger partial charge is 0.328 e. The molecule has 0 saturated carbocycles. The number of carboxylic acid groups (broad SMARTS) is 1. The molecule has 1 unspecified atom stereocenters. The van der Waals surface area contributed by atoms with Crippen LogP contribution in [-0.4, -0.2) is 43.9 Å². The SMILES string of the molecule is COCC(NC(=O)c1ccc(F)c(OC)c1)C(=O)O. The molecule has 0 bridgehead atoms. The van der Waals surface area contributed by atoms with Crippen molar-refractivity contribution in [2.75, 3.05) is 20.8 Å². The molecular formula is C12H14FNO5. The van der Waals surface area contributed by atoms with Crippen LogP contribution in [-0.2, 0) is 9.53 Å². The van der Waals surface area contributed by atoms with Gasteiger partial charge in [-0.15, -0.1) is 0 Å². The molecule has 1 aromatic carbocycles. The second kappa shape index (κ2) is 6.69. The highest BCUT2D eigenvalue weighted by atomic mass is 19.1. The van der Waals surface area contributed by atoms with Crippen molar-refractivity contribution in [1.82, 2.24) is 5.32 Å². The van der Waals surface area contributed by atoms with Gasteiger partial charge >= 0.3 is 5.97 Å². The highest BCUT2D eigenvalue weighted by molar-refractivity contribution is 5.96. The van der Waals surface area contributed by atoms with Gasteiger partial charge in [0.05, 0.1) is 13.7 Å². The van der Waals surface area contributed by atoms with Gasteiger partial charge in [-0.2, -0.15) is 0 Å². The number of hydrogen-bond acceptors (Lipinski definition) is 4. The minimum atomic E-state index is -1.22. The topological polar surface area (TPSA) is 84.9 Å². The van der Waals surface area contributed by atoms with E-state index in [1.165, 1.54) is 26.4 Å². The van der Waals surface area contributed by atoms with Crippen molar-refractivity contribution in [2.24, 2.45) is 0 Å². The molecule has 6 nitrogen and oxygen atoms in total. The number of benzene rings is 1. The van der Waals surface area contributed by atoms with Gasteiger partial charge in [0.1, 0.15) is 0 Å². The first-order valence-corrected chi connectivity index (χ1v) is 5.35. The Morgan fingerprint density at radius 3 is 2.63 bits per heavy atom. The molecule has 0 aliphatic carbocycles. The molecule has 0 heterocycles. The van der Waals surface area contributed by atoms with E-state index in [1.54, 1.807) is 0 Å². The Balaban J connectivity index is 2.85. The van der Waals surface area contributed by atoms with Crippen LogP contribution < -0.4 is 10.1 Å². The number of carbonyl (C=O) groups is 2. The molecule has 0 aliphatic heterocycles. The van der Waals surface area contributed by atoms with Crippen LogP contribution in [0, 0.1) is 5.82 Å². The second-order valence-electron chi connectivity index (χ2n) is 3.67. The van der Waals surface area contributed by atoms with Gasteiger partial charge in [0.25, 0.3) is 5.91 Å². The summed E-state index contributed by atoms with van der Waals surface area (Å²) in [6.07, 6.45) is 0. The average molecular weight is 271 g/mol. The van der Waals surface area contributed by atoms with Crippen molar-refractivity contribution in [3.8, 4) is 5.75 Å². The third kappa shape index (κ3) is 3.92. The van der Waals surface area contributed by atoms with E-state index in [9.17, 15) is 14.0 Å². The summed E-state index contributed by atoms with van der Waals surface area (Å²) < 4.78 is 22.6. The zero-order chi connectivity index (χ0) is 14.4. The third-order valence-electron chi connectivity index (χ3n) is 2.35. The van der Waals surface area contributed by atoms with Gasteiger partial charge in [-0.3, -0.25) is 4.79 Å². The molecule has 7 heteroatoms. The molecule has 1 atom stereocenters. The first-order chi connectivity index (χ1) is 8.99. The fraction of sp³-hybridized carbons (Fsp3) is 0.333. The van der Waals surface area contributed by atoms with Gasteiger partial charge in [-0.05, 0) is 18.2 Å². The predicted octanol–water partition coefficient (Wildman–Crippen LogP) is 0.664. The molecule has 104 valence electrons. The lowest BCUT2D eigenvalue weighted by Gasteiger charge is -2.13. The monoisotopic (exact) mass is 271 g/mol. The number of rotatable bonds is 6. The lowest BCUT2D eigenvalue weighted by molar-refractivity contribution is -0.140. The molecule has 0 saturated heterocycles. The zero-order valence-corrected chi connectivity index (χ0v) is 10.5. The third-order valence-corrected chi connectivity index (χ3v) is 2.35. The molecule has 0 radical (unpaired) electrons. The van der Waals surface area contributed by atoms with Crippen molar-refractivity contribution >= 4 is 11.9 Å². The van der Waals surface area contributed by atoms with Crippen molar-refractivity contribution < 1.29 is 28.6 Å². The summed E-state index contributed by atoms with van der Waals surface area (Å²) in [5.74, 6) is -2.57.